The first kappa shape index (κ1) is 17.2. The average Bonchev–Trinajstić information content (AvgIpc) is 2.48. The van der Waals surface area contributed by atoms with E-state index in [0.717, 1.165) is 12.1 Å². The second-order valence-corrected chi connectivity index (χ2v) is 7.00. The molecule has 0 heterocycles. The highest BCUT2D eigenvalue weighted by atomic mass is 79.9. The van der Waals surface area contributed by atoms with Crippen LogP contribution in [0.4, 0.5) is 5.69 Å². The molecule has 0 spiro atoms. The number of nitro benzene ring substituents is 1. The minimum atomic E-state index is -4.48. The molecule has 0 fully saturated rings. The second kappa shape index (κ2) is 6.54. The summed E-state index contributed by atoms with van der Waals surface area (Å²) in [6.07, 6.45) is 0. The highest BCUT2D eigenvalue weighted by Crippen LogP contribution is 2.32. The van der Waals surface area contributed by atoms with Gasteiger partial charge >= 0.3 is 10.1 Å². The van der Waals surface area contributed by atoms with E-state index in [2.05, 4.69) is 15.9 Å². The standard InChI is InChI=1S/C13H6BrClN2O5S/c14-9-2-4-13(11(6-9)17(18)19)23(20,21)22-12-3-1-8(7-16)5-10(12)15/h1-6H. The summed E-state index contributed by atoms with van der Waals surface area (Å²) in [4.78, 5) is 9.59. The molecule has 0 aliphatic heterocycles. The largest absolute Gasteiger partial charge is 0.377 e. The Labute approximate surface area is 144 Å². The Hall–Kier alpha value is -2.15. The van der Waals surface area contributed by atoms with Gasteiger partial charge in [0, 0.05) is 10.5 Å². The Morgan fingerprint density at radius 1 is 1.26 bits per heavy atom. The van der Waals surface area contributed by atoms with Crippen LogP contribution in [0.25, 0.3) is 0 Å². The first-order valence-electron chi connectivity index (χ1n) is 5.82. The van der Waals surface area contributed by atoms with Gasteiger partial charge in [-0.3, -0.25) is 10.1 Å². The Kier molecular flexibility index (Phi) is 4.89. The van der Waals surface area contributed by atoms with Crippen LogP contribution in [-0.4, -0.2) is 13.3 Å². The van der Waals surface area contributed by atoms with Crippen LogP contribution >= 0.6 is 27.5 Å². The summed E-state index contributed by atoms with van der Waals surface area (Å²) in [5.41, 5.74) is -0.418. The van der Waals surface area contributed by atoms with Crippen LogP contribution in [0.1, 0.15) is 5.56 Å². The van der Waals surface area contributed by atoms with E-state index in [1.165, 1.54) is 24.3 Å². The molecule has 2 aromatic carbocycles. The molecule has 0 saturated heterocycles. The normalized spacial score (nSPS) is 10.8. The summed E-state index contributed by atoms with van der Waals surface area (Å²) in [6.45, 7) is 0. The van der Waals surface area contributed by atoms with E-state index < -0.39 is 25.6 Å². The lowest BCUT2D eigenvalue weighted by Crippen LogP contribution is -2.12. The van der Waals surface area contributed by atoms with Gasteiger partial charge in [0.05, 0.1) is 21.6 Å². The van der Waals surface area contributed by atoms with Crippen molar-refractivity contribution in [2.75, 3.05) is 0 Å². The molecule has 0 aliphatic rings. The van der Waals surface area contributed by atoms with Crippen molar-refractivity contribution in [3.05, 3.63) is 61.6 Å². The van der Waals surface area contributed by atoms with Crippen molar-refractivity contribution in [2.45, 2.75) is 4.90 Å². The van der Waals surface area contributed by atoms with Crippen molar-refractivity contribution in [3.8, 4) is 11.8 Å². The molecule has 2 rings (SSSR count). The molecule has 118 valence electrons. The predicted octanol–water partition coefficient (Wildman–Crippen LogP) is 3.65. The molecule has 0 saturated carbocycles. The molecule has 0 amide bonds. The maximum absolute atomic E-state index is 12.3. The molecule has 23 heavy (non-hydrogen) atoms. The van der Waals surface area contributed by atoms with E-state index in [1.54, 1.807) is 0 Å². The van der Waals surface area contributed by atoms with Crippen molar-refractivity contribution in [1.29, 1.82) is 5.26 Å². The highest BCUT2D eigenvalue weighted by Gasteiger charge is 2.28. The minimum absolute atomic E-state index is 0.104. The van der Waals surface area contributed by atoms with Gasteiger partial charge in [0.1, 0.15) is 0 Å². The second-order valence-electron chi connectivity index (χ2n) is 4.16. The highest BCUT2D eigenvalue weighted by molar-refractivity contribution is 9.10. The number of halogens is 2. The van der Waals surface area contributed by atoms with Crippen molar-refractivity contribution in [1.82, 2.24) is 0 Å². The number of benzene rings is 2. The summed E-state index contributed by atoms with van der Waals surface area (Å²) in [7, 11) is -4.48. The van der Waals surface area contributed by atoms with Gasteiger partial charge in [-0.1, -0.05) is 27.5 Å². The van der Waals surface area contributed by atoms with Crippen LogP contribution in [0.5, 0.6) is 5.75 Å². The number of nitrogens with zero attached hydrogens (tertiary/aromatic N) is 2. The number of rotatable bonds is 4. The van der Waals surface area contributed by atoms with Crippen LogP contribution in [-0.2, 0) is 10.1 Å². The van der Waals surface area contributed by atoms with Crippen molar-refractivity contribution in [3.63, 3.8) is 0 Å². The van der Waals surface area contributed by atoms with Gasteiger partial charge in [-0.05, 0) is 30.3 Å². The molecule has 0 atom stereocenters. The fourth-order valence-corrected chi connectivity index (χ4v) is 3.36. The molecular weight excluding hydrogens is 412 g/mol. The lowest BCUT2D eigenvalue weighted by molar-refractivity contribution is -0.388. The smallest absolute Gasteiger partial charge is 0.346 e. The van der Waals surface area contributed by atoms with E-state index in [9.17, 15) is 18.5 Å². The topological polar surface area (TPSA) is 110 Å². The lowest BCUT2D eigenvalue weighted by atomic mass is 10.2. The Morgan fingerprint density at radius 3 is 2.52 bits per heavy atom. The van der Waals surface area contributed by atoms with Crippen molar-refractivity contribution in [2.24, 2.45) is 0 Å². The number of nitriles is 1. The van der Waals surface area contributed by atoms with Gasteiger partial charge in [-0.15, -0.1) is 0 Å². The van der Waals surface area contributed by atoms with E-state index >= 15 is 0 Å². The average molecular weight is 418 g/mol. The Bertz CT molecular complexity index is 940. The molecule has 0 aromatic heterocycles. The fraction of sp³-hybridized carbons (Fsp3) is 0. The third-order valence-electron chi connectivity index (χ3n) is 2.65. The zero-order chi connectivity index (χ0) is 17.2. The molecule has 2 aromatic rings. The summed E-state index contributed by atoms with van der Waals surface area (Å²) < 4.78 is 29.8. The fourth-order valence-electron chi connectivity index (χ4n) is 1.65. The lowest BCUT2D eigenvalue weighted by Gasteiger charge is -2.09. The summed E-state index contributed by atoms with van der Waals surface area (Å²) >= 11 is 8.88. The number of hydrogen-bond acceptors (Lipinski definition) is 6. The third kappa shape index (κ3) is 3.79. The van der Waals surface area contributed by atoms with Crippen LogP contribution in [0, 0.1) is 21.4 Å². The first-order valence-corrected chi connectivity index (χ1v) is 8.40. The van der Waals surface area contributed by atoms with Crippen molar-refractivity contribution >= 4 is 43.3 Å². The van der Waals surface area contributed by atoms with E-state index in [1.807, 2.05) is 6.07 Å². The van der Waals surface area contributed by atoms with Gasteiger partial charge < -0.3 is 4.18 Å². The molecule has 0 aliphatic carbocycles. The zero-order valence-corrected chi connectivity index (χ0v) is 14.2. The predicted molar refractivity (Wildman–Crippen MR) is 84.8 cm³/mol. The molecule has 0 radical (unpaired) electrons. The molecular formula is C13H6BrClN2O5S. The molecule has 0 bridgehead atoms. The quantitative estimate of drug-likeness (QED) is 0.426. The van der Waals surface area contributed by atoms with Crippen LogP contribution in [0.3, 0.4) is 0 Å². The van der Waals surface area contributed by atoms with Crippen LogP contribution in [0.15, 0.2) is 45.8 Å². The number of hydrogen-bond donors (Lipinski definition) is 0. The van der Waals surface area contributed by atoms with Gasteiger partial charge in [0.25, 0.3) is 5.69 Å². The third-order valence-corrected chi connectivity index (χ3v) is 4.72. The summed E-state index contributed by atoms with van der Waals surface area (Å²) in [6, 6.07) is 9.01. The zero-order valence-electron chi connectivity index (χ0n) is 11.1. The number of nitro groups is 1. The van der Waals surface area contributed by atoms with Crippen LogP contribution < -0.4 is 4.18 Å². The van der Waals surface area contributed by atoms with E-state index in [4.69, 9.17) is 21.0 Å². The maximum atomic E-state index is 12.3. The summed E-state index contributed by atoms with van der Waals surface area (Å²) in [5.74, 6) is -0.233. The van der Waals surface area contributed by atoms with Gasteiger partial charge in [0.15, 0.2) is 10.6 Å². The minimum Gasteiger partial charge on any atom is -0.377 e. The molecule has 0 unspecified atom stereocenters. The molecule has 7 nitrogen and oxygen atoms in total. The Balaban J connectivity index is 2.48. The summed E-state index contributed by atoms with van der Waals surface area (Å²) in [5, 5.41) is 19.7. The monoisotopic (exact) mass is 416 g/mol. The van der Waals surface area contributed by atoms with Crippen LogP contribution in [0.2, 0.25) is 5.02 Å². The van der Waals surface area contributed by atoms with E-state index in [0.29, 0.717) is 4.47 Å². The van der Waals surface area contributed by atoms with E-state index in [-0.39, 0.29) is 16.3 Å². The van der Waals surface area contributed by atoms with Crippen molar-refractivity contribution < 1.29 is 17.5 Å². The maximum Gasteiger partial charge on any atom is 0.346 e. The van der Waals surface area contributed by atoms with Gasteiger partial charge in [-0.25, -0.2) is 0 Å². The SMILES string of the molecule is N#Cc1ccc(OS(=O)(=O)c2ccc(Br)cc2[N+](=O)[O-])c(Cl)c1. The van der Waals surface area contributed by atoms with Gasteiger partial charge in [-0.2, -0.15) is 13.7 Å². The molecule has 10 heteroatoms. The Morgan fingerprint density at radius 2 is 1.96 bits per heavy atom. The first-order chi connectivity index (χ1) is 10.7. The molecule has 0 N–H and O–H groups in total. The van der Waals surface area contributed by atoms with Gasteiger partial charge in [0.2, 0.25) is 0 Å².